The fourth-order valence-electron chi connectivity index (χ4n) is 3.02. The van der Waals surface area contributed by atoms with Gasteiger partial charge in [-0.25, -0.2) is 0 Å². The topological polar surface area (TPSA) is 23.5 Å². The monoisotopic (exact) mass is 203 g/mol. The van der Waals surface area contributed by atoms with E-state index in [9.17, 15) is 5.11 Å². The van der Waals surface area contributed by atoms with E-state index < -0.39 is 0 Å². The molecule has 0 aromatic heterocycles. The summed E-state index contributed by atoms with van der Waals surface area (Å²) in [5.74, 6) is 2.30. The van der Waals surface area contributed by atoms with Crippen LogP contribution in [-0.2, 0) is 6.54 Å². The Morgan fingerprint density at radius 3 is 2.60 bits per heavy atom. The van der Waals surface area contributed by atoms with Gasteiger partial charge in [-0.1, -0.05) is 12.1 Å². The quantitative estimate of drug-likeness (QED) is 0.796. The van der Waals surface area contributed by atoms with Crippen LogP contribution in [-0.4, -0.2) is 23.1 Å². The first-order chi connectivity index (χ1) is 7.29. The molecule has 1 aliphatic carbocycles. The van der Waals surface area contributed by atoms with Crippen molar-refractivity contribution < 1.29 is 5.11 Å². The van der Waals surface area contributed by atoms with E-state index in [0.717, 1.165) is 18.4 Å². The van der Waals surface area contributed by atoms with Crippen LogP contribution in [0.2, 0.25) is 0 Å². The number of fused-ring (bicyclic) bond motifs is 2. The van der Waals surface area contributed by atoms with Gasteiger partial charge in [0.05, 0.1) is 0 Å². The van der Waals surface area contributed by atoms with Crippen molar-refractivity contribution in [2.75, 3.05) is 13.1 Å². The number of rotatable bonds is 2. The van der Waals surface area contributed by atoms with E-state index in [1.807, 2.05) is 12.1 Å². The summed E-state index contributed by atoms with van der Waals surface area (Å²) in [6, 6.07) is 7.63. The Labute approximate surface area is 90.5 Å². The van der Waals surface area contributed by atoms with Crippen molar-refractivity contribution >= 4 is 0 Å². The van der Waals surface area contributed by atoms with Crippen molar-refractivity contribution in [2.24, 2.45) is 11.8 Å². The van der Waals surface area contributed by atoms with E-state index in [0.29, 0.717) is 5.75 Å². The first kappa shape index (κ1) is 9.22. The average molecular weight is 203 g/mol. The van der Waals surface area contributed by atoms with Gasteiger partial charge >= 0.3 is 0 Å². The normalized spacial score (nSPS) is 29.9. The molecule has 1 N–H and O–H groups in total. The summed E-state index contributed by atoms with van der Waals surface area (Å²) in [5.41, 5.74) is 1.23. The Morgan fingerprint density at radius 1 is 1.20 bits per heavy atom. The van der Waals surface area contributed by atoms with Crippen LogP contribution in [0.15, 0.2) is 24.3 Å². The van der Waals surface area contributed by atoms with Crippen LogP contribution in [0.1, 0.15) is 18.4 Å². The molecule has 2 saturated heterocycles. The van der Waals surface area contributed by atoms with Crippen LogP contribution in [0.4, 0.5) is 0 Å². The number of hydrogen-bond acceptors (Lipinski definition) is 2. The van der Waals surface area contributed by atoms with Crippen LogP contribution in [0.5, 0.6) is 5.75 Å². The molecule has 4 rings (SSSR count). The molecule has 3 aliphatic rings. The highest BCUT2D eigenvalue weighted by molar-refractivity contribution is 5.27. The second-order valence-electron chi connectivity index (χ2n) is 5.07. The number of phenolic OH excluding ortho intramolecular Hbond substituents is 1. The summed E-state index contributed by atoms with van der Waals surface area (Å²) >= 11 is 0. The Kier molecular flexibility index (Phi) is 2.17. The number of hydrogen-bond donors (Lipinski definition) is 1. The molecule has 2 heteroatoms. The van der Waals surface area contributed by atoms with Gasteiger partial charge in [-0.15, -0.1) is 0 Å². The molecule has 80 valence electrons. The Balaban J connectivity index is 1.65. The van der Waals surface area contributed by atoms with E-state index in [-0.39, 0.29) is 0 Å². The van der Waals surface area contributed by atoms with E-state index in [1.54, 1.807) is 6.07 Å². The van der Waals surface area contributed by atoms with E-state index >= 15 is 0 Å². The zero-order chi connectivity index (χ0) is 10.3. The fraction of sp³-hybridized carbons (Fsp3) is 0.538. The highest BCUT2D eigenvalue weighted by Crippen LogP contribution is 2.39. The molecule has 2 bridgehead atoms. The summed E-state index contributed by atoms with van der Waals surface area (Å²) in [4.78, 5) is 2.52. The molecule has 3 fully saturated rings. The average Bonchev–Trinajstić information content (AvgIpc) is 2.16. The van der Waals surface area contributed by atoms with Gasteiger partial charge in [-0.05, 0) is 42.4 Å². The van der Waals surface area contributed by atoms with Crippen LogP contribution in [0, 0.1) is 11.8 Å². The second-order valence-corrected chi connectivity index (χ2v) is 5.07. The molecule has 0 atom stereocenters. The third-order valence-corrected chi connectivity index (χ3v) is 3.68. The van der Waals surface area contributed by atoms with Gasteiger partial charge in [0.2, 0.25) is 0 Å². The van der Waals surface area contributed by atoms with Crippen molar-refractivity contribution in [1.29, 1.82) is 0 Å². The van der Waals surface area contributed by atoms with Gasteiger partial charge in [0.15, 0.2) is 0 Å². The number of aromatic hydroxyl groups is 1. The first-order valence-electron chi connectivity index (χ1n) is 5.80. The fourth-order valence-corrected chi connectivity index (χ4v) is 3.02. The Hall–Kier alpha value is -1.02. The van der Waals surface area contributed by atoms with Gasteiger partial charge in [-0.2, -0.15) is 0 Å². The molecule has 0 radical (unpaired) electrons. The Bertz CT molecular complexity index is 347. The molecule has 0 amide bonds. The predicted molar refractivity (Wildman–Crippen MR) is 59.6 cm³/mol. The second kappa shape index (κ2) is 3.53. The zero-order valence-electron chi connectivity index (χ0n) is 8.89. The van der Waals surface area contributed by atoms with Crippen molar-refractivity contribution in [3.63, 3.8) is 0 Å². The minimum absolute atomic E-state index is 0.384. The van der Waals surface area contributed by atoms with E-state index in [1.165, 1.54) is 31.5 Å². The van der Waals surface area contributed by atoms with Gasteiger partial charge < -0.3 is 5.11 Å². The van der Waals surface area contributed by atoms with E-state index in [4.69, 9.17) is 0 Å². The highest BCUT2D eigenvalue weighted by Gasteiger charge is 2.36. The smallest absolute Gasteiger partial charge is 0.115 e. The summed E-state index contributed by atoms with van der Waals surface area (Å²) in [6.07, 6.45) is 2.91. The number of benzene rings is 1. The molecule has 0 unspecified atom stereocenters. The zero-order valence-corrected chi connectivity index (χ0v) is 8.89. The third kappa shape index (κ3) is 1.86. The molecule has 15 heavy (non-hydrogen) atoms. The molecule has 1 saturated carbocycles. The summed E-state index contributed by atoms with van der Waals surface area (Å²) < 4.78 is 0. The van der Waals surface area contributed by atoms with Crippen LogP contribution in [0.25, 0.3) is 0 Å². The van der Waals surface area contributed by atoms with Crippen LogP contribution >= 0.6 is 0 Å². The highest BCUT2D eigenvalue weighted by atomic mass is 16.3. The third-order valence-electron chi connectivity index (χ3n) is 3.68. The number of nitrogens with zero attached hydrogens (tertiary/aromatic N) is 1. The summed E-state index contributed by atoms with van der Waals surface area (Å²) in [5, 5.41) is 9.38. The van der Waals surface area contributed by atoms with Gasteiger partial charge in [-0.3, -0.25) is 4.90 Å². The first-order valence-corrected chi connectivity index (χ1v) is 5.80. The minimum Gasteiger partial charge on any atom is -0.508 e. The van der Waals surface area contributed by atoms with Crippen LogP contribution in [0.3, 0.4) is 0 Å². The lowest BCUT2D eigenvalue weighted by molar-refractivity contribution is 0.0228. The van der Waals surface area contributed by atoms with Crippen molar-refractivity contribution in [3.8, 4) is 5.75 Å². The van der Waals surface area contributed by atoms with E-state index in [2.05, 4.69) is 11.0 Å². The standard InChI is InChI=1S/C13H17NO/c15-13-3-1-2-10(6-13)7-14-8-11-4-12(5-11)9-14/h1-3,6,11-12,15H,4-5,7-9H2. The number of phenols is 1. The molecular formula is C13H17NO. The van der Waals surface area contributed by atoms with Gasteiger partial charge in [0.25, 0.3) is 0 Å². The lowest BCUT2D eigenvalue weighted by Gasteiger charge is -2.47. The Morgan fingerprint density at radius 2 is 1.93 bits per heavy atom. The molecule has 2 aliphatic heterocycles. The largest absolute Gasteiger partial charge is 0.508 e. The SMILES string of the molecule is Oc1cccc(CN2CC3CC(C3)C2)c1. The number of piperidine rings is 2. The summed E-state index contributed by atoms with van der Waals surface area (Å²) in [7, 11) is 0. The van der Waals surface area contributed by atoms with Gasteiger partial charge in [0.1, 0.15) is 5.75 Å². The maximum absolute atomic E-state index is 9.38. The molecule has 0 spiro atoms. The molecular weight excluding hydrogens is 186 g/mol. The lowest BCUT2D eigenvalue weighted by atomic mass is 9.71. The van der Waals surface area contributed by atoms with Crippen LogP contribution < -0.4 is 0 Å². The minimum atomic E-state index is 0.384. The maximum Gasteiger partial charge on any atom is 0.115 e. The molecule has 2 heterocycles. The van der Waals surface area contributed by atoms with Crippen molar-refractivity contribution in [3.05, 3.63) is 29.8 Å². The summed E-state index contributed by atoms with van der Waals surface area (Å²) in [6.45, 7) is 3.51. The van der Waals surface area contributed by atoms with Crippen molar-refractivity contribution in [2.45, 2.75) is 19.4 Å². The molecule has 1 aromatic rings. The van der Waals surface area contributed by atoms with Crippen molar-refractivity contribution in [1.82, 2.24) is 4.90 Å². The lowest BCUT2D eigenvalue weighted by Crippen LogP contribution is -2.47. The molecule has 2 nitrogen and oxygen atoms in total. The molecule has 1 aromatic carbocycles. The van der Waals surface area contributed by atoms with Gasteiger partial charge in [0, 0.05) is 19.6 Å². The predicted octanol–water partition coefficient (Wildman–Crippen LogP) is 2.23. The maximum atomic E-state index is 9.38.